The lowest BCUT2D eigenvalue weighted by atomic mass is 10.1. The molecule has 6 nitrogen and oxygen atoms in total. The molecule has 0 unspecified atom stereocenters. The molecule has 28 heavy (non-hydrogen) atoms. The van der Waals surface area contributed by atoms with Crippen LogP contribution in [0.4, 0.5) is 18.9 Å². The van der Waals surface area contributed by atoms with Crippen LogP contribution in [0.1, 0.15) is 16.1 Å². The average molecular weight is 390 g/mol. The van der Waals surface area contributed by atoms with E-state index in [1.54, 1.807) is 48.9 Å². The zero-order valence-electron chi connectivity index (χ0n) is 15.4. The Bertz CT molecular complexity index is 1040. The third-order valence-electron chi connectivity index (χ3n) is 4.21. The van der Waals surface area contributed by atoms with Crippen molar-refractivity contribution in [1.82, 2.24) is 9.78 Å². The normalized spacial score (nSPS) is 12.3. The van der Waals surface area contributed by atoms with Gasteiger partial charge >= 0.3 is 6.36 Å². The highest BCUT2D eigenvalue weighted by atomic mass is 19.4. The van der Waals surface area contributed by atoms with Crippen LogP contribution < -0.4 is 9.64 Å². The topological polar surface area (TPSA) is 59.7 Å². The maximum Gasteiger partial charge on any atom is 0.573 e. The lowest BCUT2D eigenvalue weighted by Crippen LogP contribution is -2.28. The predicted octanol–water partition coefficient (Wildman–Crippen LogP) is 3.80. The molecule has 0 radical (unpaired) electrons. The van der Waals surface area contributed by atoms with Crippen LogP contribution in [0.3, 0.4) is 0 Å². The van der Waals surface area contributed by atoms with Crippen molar-refractivity contribution in [1.29, 1.82) is 0 Å². The highest BCUT2D eigenvalue weighted by molar-refractivity contribution is 6.15. The number of aryl methyl sites for hydroxylation is 1. The zero-order valence-corrected chi connectivity index (χ0v) is 15.4. The van der Waals surface area contributed by atoms with Crippen molar-refractivity contribution < 1.29 is 22.7 Å². The van der Waals surface area contributed by atoms with Crippen LogP contribution >= 0.6 is 0 Å². The number of fused-ring (bicyclic) bond motifs is 1. The number of carbonyl (C=O) groups is 1. The number of nitrogens with zero attached hydrogens (tertiary/aromatic N) is 4. The minimum atomic E-state index is -4.74. The first kappa shape index (κ1) is 19.4. The fraction of sp³-hybridized carbons (Fsp3) is 0.211. The monoisotopic (exact) mass is 390 g/mol. The number of amidine groups is 1. The number of aromatic nitrogens is 2. The number of ether oxygens (including phenoxy) is 1. The molecule has 0 aliphatic carbocycles. The Labute approximate surface area is 158 Å². The van der Waals surface area contributed by atoms with Crippen LogP contribution in [-0.2, 0) is 7.05 Å². The minimum Gasteiger partial charge on any atom is -0.406 e. The van der Waals surface area contributed by atoms with Gasteiger partial charge in [0.05, 0.1) is 5.52 Å². The Kier molecular flexibility index (Phi) is 5.08. The SMILES string of the molecule is C/N=C(/c1nn(C)c2cc(C=O)ccc12)N(C)c1ccc(OC(F)(F)F)cc1. The molecule has 0 bridgehead atoms. The molecule has 0 amide bonds. The summed E-state index contributed by atoms with van der Waals surface area (Å²) in [5, 5.41) is 5.31. The molecule has 0 saturated heterocycles. The lowest BCUT2D eigenvalue weighted by molar-refractivity contribution is -0.274. The van der Waals surface area contributed by atoms with Gasteiger partial charge in [-0.15, -0.1) is 13.2 Å². The predicted molar refractivity (Wildman–Crippen MR) is 100 cm³/mol. The number of hydrogen-bond acceptors (Lipinski definition) is 4. The minimum absolute atomic E-state index is 0.302. The van der Waals surface area contributed by atoms with E-state index in [1.165, 1.54) is 24.3 Å². The summed E-state index contributed by atoms with van der Waals surface area (Å²) in [5.41, 5.74) is 2.50. The van der Waals surface area contributed by atoms with Gasteiger partial charge in [-0.2, -0.15) is 5.10 Å². The molecular weight excluding hydrogens is 373 g/mol. The second-order valence-corrected chi connectivity index (χ2v) is 6.01. The van der Waals surface area contributed by atoms with Crippen molar-refractivity contribution in [2.24, 2.45) is 12.0 Å². The van der Waals surface area contributed by atoms with Crippen LogP contribution in [-0.4, -0.2) is 42.4 Å². The second-order valence-electron chi connectivity index (χ2n) is 6.01. The van der Waals surface area contributed by atoms with Gasteiger partial charge in [0.1, 0.15) is 17.7 Å². The summed E-state index contributed by atoms with van der Waals surface area (Å²) in [6.45, 7) is 0. The molecule has 1 aromatic heterocycles. The van der Waals surface area contributed by atoms with Gasteiger partial charge in [-0.25, -0.2) is 0 Å². The molecule has 0 saturated carbocycles. The summed E-state index contributed by atoms with van der Waals surface area (Å²) >= 11 is 0. The number of hydrogen-bond donors (Lipinski definition) is 0. The standard InChI is InChI=1S/C19H17F3N4O2/c1-23-18(17-15-9-4-12(11-27)10-16(15)26(3)24-17)25(2)13-5-7-14(8-6-13)28-19(20,21)22/h4-11H,1-3H3/b23-18-. The Morgan fingerprint density at radius 3 is 2.46 bits per heavy atom. The van der Waals surface area contributed by atoms with Gasteiger partial charge in [0.25, 0.3) is 0 Å². The van der Waals surface area contributed by atoms with Gasteiger partial charge in [-0.1, -0.05) is 6.07 Å². The maximum absolute atomic E-state index is 12.3. The number of aliphatic imine (C=N–C) groups is 1. The van der Waals surface area contributed by atoms with E-state index in [9.17, 15) is 18.0 Å². The van der Waals surface area contributed by atoms with Crippen molar-refractivity contribution in [3.8, 4) is 5.75 Å². The lowest BCUT2D eigenvalue weighted by Gasteiger charge is -2.20. The molecule has 1 heterocycles. The van der Waals surface area contributed by atoms with Gasteiger partial charge < -0.3 is 9.64 Å². The van der Waals surface area contributed by atoms with Gasteiger partial charge in [-0.3, -0.25) is 14.5 Å². The first-order valence-corrected chi connectivity index (χ1v) is 8.22. The quantitative estimate of drug-likeness (QED) is 0.386. The first-order chi connectivity index (χ1) is 13.2. The summed E-state index contributed by atoms with van der Waals surface area (Å²) < 4.78 is 42.5. The van der Waals surface area contributed by atoms with E-state index < -0.39 is 6.36 Å². The molecular formula is C19H17F3N4O2. The van der Waals surface area contributed by atoms with Crippen LogP contribution in [0.5, 0.6) is 5.75 Å². The summed E-state index contributed by atoms with van der Waals surface area (Å²) in [7, 11) is 5.10. The molecule has 3 rings (SSSR count). The van der Waals surface area contributed by atoms with Crippen LogP contribution in [0.2, 0.25) is 0 Å². The van der Waals surface area contributed by atoms with Crippen LogP contribution in [0.15, 0.2) is 47.5 Å². The van der Waals surface area contributed by atoms with E-state index in [0.29, 0.717) is 22.8 Å². The summed E-state index contributed by atoms with van der Waals surface area (Å²) in [4.78, 5) is 17.0. The third-order valence-corrected chi connectivity index (χ3v) is 4.21. The number of carbonyl (C=O) groups excluding carboxylic acids is 1. The number of halogens is 3. The number of aldehydes is 1. The van der Waals surface area contributed by atoms with E-state index in [2.05, 4.69) is 14.8 Å². The van der Waals surface area contributed by atoms with E-state index in [-0.39, 0.29) is 5.75 Å². The molecule has 0 spiro atoms. The van der Waals surface area contributed by atoms with Gasteiger partial charge in [-0.05, 0) is 36.4 Å². The van der Waals surface area contributed by atoms with E-state index in [0.717, 1.165) is 17.2 Å². The van der Waals surface area contributed by atoms with E-state index >= 15 is 0 Å². The number of benzene rings is 2. The molecule has 146 valence electrons. The van der Waals surface area contributed by atoms with Crippen molar-refractivity contribution in [2.75, 3.05) is 19.0 Å². The molecule has 9 heteroatoms. The number of alkyl halides is 3. The summed E-state index contributed by atoms with van der Waals surface area (Å²) in [6, 6.07) is 10.7. The van der Waals surface area contributed by atoms with Crippen LogP contribution in [0.25, 0.3) is 10.9 Å². The van der Waals surface area contributed by atoms with Crippen molar-refractivity contribution in [2.45, 2.75) is 6.36 Å². The Balaban J connectivity index is 1.96. The Morgan fingerprint density at radius 2 is 1.89 bits per heavy atom. The van der Waals surface area contributed by atoms with E-state index in [1.807, 2.05) is 0 Å². The smallest absolute Gasteiger partial charge is 0.406 e. The average Bonchev–Trinajstić information content (AvgIpc) is 2.97. The van der Waals surface area contributed by atoms with Gasteiger partial charge in [0.2, 0.25) is 0 Å². The van der Waals surface area contributed by atoms with Crippen molar-refractivity contribution in [3.63, 3.8) is 0 Å². The molecule has 0 aliphatic heterocycles. The molecule has 0 aliphatic rings. The Hall–Kier alpha value is -3.36. The fourth-order valence-electron chi connectivity index (χ4n) is 2.92. The fourth-order valence-corrected chi connectivity index (χ4v) is 2.92. The van der Waals surface area contributed by atoms with Gasteiger partial charge in [0, 0.05) is 37.8 Å². The molecule has 2 aromatic carbocycles. The zero-order chi connectivity index (χ0) is 20.5. The van der Waals surface area contributed by atoms with Gasteiger partial charge in [0.15, 0.2) is 5.84 Å². The van der Waals surface area contributed by atoms with Crippen LogP contribution in [0, 0.1) is 0 Å². The first-order valence-electron chi connectivity index (χ1n) is 8.22. The largest absolute Gasteiger partial charge is 0.573 e. The molecule has 0 fully saturated rings. The molecule has 0 atom stereocenters. The van der Waals surface area contributed by atoms with E-state index in [4.69, 9.17) is 0 Å². The third kappa shape index (κ3) is 3.83. The Morgan fingerprint density at radius 1 is 1.21 bits per heavy atom. The maximum atomic E-state index is 12.3. The highest BCUT2D eigenvalue weighted by Gasteiger charge is 2.31. The van der Waals surface area contributed by atoms with Crippen molar-refractivity contribution in [3.05, 3.63) is 53.7 Å². The summed E-state index contributed by atoms with van der Waals surface area (Å²) in [5.74, 6) is 0.221. The number of anilines is 1. The summed E-state index contributed by atoms with van der Waals surface area (Å²) in [6.07, 6.45) is -3.98. The highest BCUT2D eigenvalue weighted by Crippen LogP contribution is 2.27. The second kappa shape index (κ2) is 7.34. The number of rotatable bonds is 4. The van der Waals surface area contributed by atoms with Crippen molar-refractivity contribution >= 4 is 28.7 Å². The molecule has 3 aromatic rings. The molecule has 0 N–H and O–H groups in total.